The smallest absolute Gasteiger partial charge is 0.00642 e. The van der Waals surface area contributed by atoms with Crippen LogP contribution in [-0.2, 0) is 0 Å². The minimum absolute atomic E-state index is 0.676. The first-order chi connectivity index (χ1) is 5.60. The third kappa shape index (κ3) is 5.59. The zero-order valence-electron chi connectivity index (χ0n) is 9.35. The summed E-state index contributed by atoms with van der Waals surface area (Å²) in [6, 6.07) is 1.40. The summed E-state index contributed by atoms with van der Waals surface area (Å²) in [5, 5.41) is 3.65. The lowest BCUT2D eigenvalue weighted by atomic mass is 10.0. The Balaban J connectivity index is 3.58. The van der Waals surface area contributed by atoms with Crippen LogP contribution in [0.3, 0.4) is 0 Å². The van der Waals surface area contributed by atoms with Crippen LogP contribution in [-0.4, -0.2) is 12.1 Å². The highest BCUT2D eigenvalue weighted by molar-refractivity contribution is 4.69. The quantitative estimate of drug-likeness (QED) is 0.647. The molecule has 0 saturated carbocycles. The lowest BCUT2D eigenvalue weighted by Crippen LogP contribution is -2.36. The average molecular weight is 171 g/mol. The molecule has 0 spiro atoms. The van der Waals surface area contributed by atoms with Gasteiger partial charge in [-0.25, -0.2) is 0 Å². The second-order valence-corrected chi connectivity index (χ2v) is 4.21. The molecule has 1 heteroatoms. The summed E-state index contributed by atoms with van der Waals surface area (Å²) in [6.45, 7) is 11.4. The van der Waals surface area contributed by atoms with Gasteiger partial charge in [0, 0.05) is 12.1 Å². The van der Waals surface area contributed by atoms with Gasteiger partial charge in [-0.2, -0.15) is 0 Å². The van der Waals surface area contributed by atoms with Crippen molar-refractivity contribution in [2.45, 2.75) is 66.0 Å². The van der Waals surface area contributed by atoms with Crippen molar-refractivity contribution in [1.82, 2.24) is 5.32 Å². The molecule has 1 N–H and O–H groups in total. The molecule has 1 atom stereocenters. The Morgan fingerprint density at radius 2 is 1.50 bits per heavy atom. The Morgan fingerprint density at radius 1 is 1.00 bits per heavy atom. The molecule has 12 heavy (non-hydrogen) atoms. The summed E-state index contributed by atoms with van der Waals surface area (Å²) in [7, 11) is 0. The van der Waals surface area contributed by atoms with E-state index in [4.69, 9.17) is 0 Å². The van der Waals surface area contributed by atoms with Gasteiger partial charge < -0.3 is 5.32 Å². The van der Waals surface area contributed by atoms with E-state index in [0.717, 1.165) is 12.0 Å². The molecule has 0 aliphatic carbocycles. The number of hydrogen-bond acceptors (Lipinski definition) is 1. The van der Waals surface area contributed by atoms with Crippen LogP contribution in [0.1, 0.15) is 53.9 Å². The molecule has 0 aromatic carbocycles. The van der Waals surface area contributed by atoms with E-state index >= 15 is 0 Å². The van der Waals surface area contributed by atoms with E-state index in [0.29, 0.717) is 6.04 Å². The molecule has 0 bridgehead atoms. The van der Waals surface area contributed by atoms with Gasteiger partial charge in [-0.05, 0) is 32.1 Å². The van der Waals surface area contributed by atoms with Gasteiger partial charge in [0.15, 0.2) is 0 Å². The highest BCUT2D eigenvalue weighted by atomic mass is 14.9. The molecule has 0 aliphatic heterocycles. The second kappa shape index (κ2) is 6.47. The highest BCUT2D eigenvalue weighted by Crippen LogP contribution is 2.06. The van der Waals surface area contributed by atoms with Crippen molar-refractivity contribution in [3.8, 4) is 0 Å². The Morgan fingerprint density at radius 3 is 1.83 bits per heavy atom. The predicted octanol–water partition coefficient (Wildman–Crippen LogP) is 3.20. The molecule has 0 unspecified atom stereocenters. The Labute approximate surface area is 77.9 Å². The van der Waals surface area contributed by atoms with Crippen LogP contribution in [0, 0.1) is 5.92 Å². The van der Waals surface area contributed by atoms with E-state index in [1.165, 1.54) is 19.3 Å². The van der Waals surface area contributed by atoms with Crippen LogP contribution in [0.15, 0.2) is 0 Å². The van der Waals surface area contributed by atoms with E-state index in [1.54, 1.807) is 0 Å². The lowest BCUT2D eigenvalue weighted by molar-refractivity contribution is 0.376. The molecular formula is C11H25N. The summed E-state index contributed by atoms with van der Waals surface area (Å²) < 4.78 is 0. The fourth-order valence-corrected chi connectivity index (χ4v) is 1.70. The fraction of sp³-hybridized carbons (Fsp3) is 1.00. The van der Waals surface area contributed by atoms with E-state index in [9.17, 15) is 0 Å². The van der Waals surface area contributed by atoms with Crippen LogP contribution in [0.4, 0.5) is 0 Å². The molecule has 0 aliphatic rings. The topological polar surface area (TPSA) is 12.0 Å². The van der Waals surface area contributed by atoms with Crippen molar-refractivity contribution in [3.63, 3.8) is 0 Å². The van der Waals surface area contributed by atoms with Gasteiger partial charge >= 0.3 is 0 Å². The standard InChI is InChI=1S/C11H25N/c1-6-11(7-2)12-10(5)8-9(3)4/h9-12H,6-8H2,1-5H3/t10-/m1/s1. The molecule has 0 amide bonds. The molecule has 0 heterocycles. The summed E-state index contributed by atoms with van der Waals surface area (Å²) in [4.78, 5) is 0. The first kappa shape index (κ1) is 12.0. The summed E-state index contributed by atoms with van der Waals surface area (Å²) in [5.74, 6) is 0.807. The van der Waals surface area contributed by atoms with Gasteiger partial charge in [0.25, 0.3) is 0 Å². The molecule has 0 aromatic heterocycles. The van der Waals surface area contributed by atoms with Crippen molar-refractivity contribution in [2.24, 2.45) is 5.92 Å². The summed E-state index contributed by atoms with van der Waals surface area (Å²) >= 11 is 0. The monoisotopic (exact) mass is 171 g/mol. The van der Waals surface area contributed by atoms with Gasteiger partial charge in [-0.15, -0.1) is 0 Å². The van der Waals surface area contributed by atoms with Crippen LogP contribution in [0.2, 0.25) is 0 Å². The number of nitrogens with one attached hydrogen (secondary N) is 1. The minimum Gasteiger partial charge on any atom is -0.312 e. The largest absolute Gasteiger partial charge is 0.312 e. The van der Waals surface area contributed by atoms with Crippen molar-refractivity contribution >= 4 is 0 Å². The predicted molar refractivity (Wildman–Crippen MR) is 56.4 cm³/mol. The first-order valence-corrected chi connectivity index (χ1v) is 5.36. The Hall–Kier alpha value is -0.0400. The van der Waals surface area contributed by atoms with Gasteiger partial charge in [0.05, 0.1) is 0 Å². The van der Waals surface area contributed by atoms with E-state index in [1.807, 2.05) is 0 Å². The van der Waals surface area contributed by atoms with Gasteiger partial charge in [-0.1, -0.05) is 27.7 Å². The summed E-state index contributed by atoms with van der Waals surface area (Å²) in [6.07, 6.45) is 3.79. The normalized spacial score (nSPS) is 14.2. The van der Waals surface area contributed by atoms with Crippen molar-refractivity contribution in [1.29, 1.82) is 0 Å². The van der Waals surface area contributed by atoms with E-state index in [-0.39, 0.29) is 0 Å². The number of rotatable bonds is 6. The van der Waals surface area contributed by atoms with Crippen LogP contribution in [0.25, 0.3) is 0 Å². The summed E-state index contributed by atoms with van der Waals surface area (Å²) in [5.41, 5.74) is 0. The van der Waals surface area contributed by atoms with Crippen LogP contribution in [0.5, 0.6) is 0 Å². The zero-order chi connectivity index (χ0) is 9.56. The van der Waals surface area contributed by atoms with E-state index < -0.39 is 0 Å². The van der Waals surface area contributed by atoms with Crippen molar-refractivity contribution in [3.05, 3.63) is 0 Å². The van der Waals surface area contributed by atoms with Crippen LogP contribution >= 0.6 is 0 Å². The maximum Gasteiger partial charge on any atom is 0.00642 e. The minimum atomic E-state index is 0.676. The third-order valence-electron chi connectivity index (χ3n) is 2.33. The molecule has 0 aromatic rings. The maximum atomic E-state index is 3.65. The molecule has 1 nitrogen and oxygen atoms in total. The van der Waals surface area contributed by atoms with Crippen molar-refractivity contribution in [2.75, 3.05) is 0 Å². The maximum absolute atomic E-state index is 3.65. The SMILES string of the molecule is CCC(CC)N[C@H](C)CC(C)C. The average Bonchev–Trinajstić information content (AvgIpc) is 1.98. The molecule has 0 radical (unpaired) electrons. The first-order valence-electron chi connectivity index (χ1n) is 5.36. The highest BCUT2D eigenvalue weighted by Gasteiger charge is 2.08. The second-order valence-electron chi connectivity index (χ2n) is 4.21. The molecule has 0 saturated heterocycles. The number of hydrogen-bond donors (Lipinski definition) is 1. The van der Waals surface area contributed by atoms with Gasteiger partial charge in [0.2, 0.25) is 0 Å². The third-order valence-corrected chi connectivity index (χ3v) is 2.33. The van der Waals surface area contributed by atoms with Gasteiger partial charge in [0.1, 0.15) is 0 Å². The van der Waals surface area contributed by atoms with E-state index in [2.05, 4.69) is 39.9 Å². The fourth-order valence-electron chi connectivity index (χ4n) is 1.70. The molecule has 0 fully saturated rings. The zero-order valence-corrected chi connectivity index (χ0v) is 9.35. The molecule has 74 valence electrons. The molecule has 0 rings (SSSR count). The lowest BCUT2D eigenvalue weighted by Gasteiger charge is -2.22. The van der Waals surface area contributed by atoms with Crippen LogP contribution < -0.4 is 5.32 Å². The Kier molecular flexibility index (Phi) is 6.45. The van der Waals surface area contributed by atoms with Crippen molar-refractivity contribution < 1.29 is 0 Å². The Bertz CT molecular complexity index is 95.2. The van der Waals surface area contributed by atoms with Gasteiger partial charge in [-0.3, -0.25) is 0 Å². The molecular weight excluding hydrogens is 146 g/mol.